The molecule has 18 heavy (non-hydrogen) atoms. The van der Waals surface area contributed by atoms with Gasteiger partial charge in [0, 0.05) is 38.3 Å². The molecular formula is C14H26N2O2. The third-order valence-corrected chi connectivity index (χ3v) is 4.24. The highest BCUT2D eigenvalue weighted by Gasteiger charge is 2.30. The normalized spacial score (nSPS) is 22.9. The van der Waals surface area contributed by atoms with Crippen molar-refractivity contribution in [3.8, 4) is 0 Å². The van der Waals surface area contributed by atoms with Crippen molar-refractivity contribution < 1.29 is 9.53 Å². The number of hydrogen-bond donors (Lipinski definition) is 1. The molecule has 0 aromatic carbocycles. The van der Waals surface area contributed by atoms with E-state index in [1.165, 1.54) is 19.3 Å². The molecule has 2 rings (SSSR count). The highest BCUT2D eigenvalue weighted by atomic mass is 16.5. The van der Waals surface area contributed by atoms with Crippen molar-refractivity contribution in [1.82, 2.24) is 4.90 Å². The topological polar surface area (TPSA) is 55.6 Å². The molecule has 2 fully saturated rings. The smallest absolute Gasteiger partial charge is 0.226 e. The van der Waals surface area contributed by atoms with Crippen LogP contribution in [-0.4, -0.2) is 43.2 Å². The Balaban J connectivity index is 1.96. The molecule has 1 saturated heterocycles. The van der Waals surface area contributed by atoms with Gasteiger partial charge in [0.15, 0.2) is 0 Å². The highest BCUT2D eigenvalue weighted by Crippen LogP contribution is 2.26. The largest absolute Gasteiger partial charge is 0.381 e. The Labute approximate surface area is 110 Å². The first-order valence-electron chi connectivity index (χ1n) is 7.41. The van der Waals surface area contributed by atoms with Crippen molar-refractivity contribution in [2.75, 3.05) is 26.3 Å². The van der Waals surface area contributed by atoms with Crippen LogP contribution < -0.4 is 5.73 Å². The summed E-state index contributed by atoms with van der Waals surface area (Å²) in [5.41, 5.74) is 5.68. The fourth-order valence-corrected chi connectivity index (χ4v) is 3.18. The summed E-state index contributed by atoms with van der Waals surface area (Å²) in [6, 6.07) is 0.442. The lowest BCUT2D eigenvalue weighted by Gasteiger charge is -2.37. The van der Waals surface area contributed by atoms with Gasteiger partial charge in [-0.3, -0.25) is 4.79 Å². The van der Waals surface area contributed by atoms with Crippen LogP contribution in [0.25, 0.3) is 0 Å². The monoisotopic (exact) mass is 254 g/mol. The van der Waals surface area contributed by atoms with Crippen molar-refractivity contribution in [2.24, 2.45) is 11.7 Å². The van der Waals surface area contributed by atoms with Crippen LogP contribution in [0.3, 0.4) is 0 Å². The Bertz CT molecular complexity index is 259. The van der Waals surface area contributed by atoms with Gasteiger partial charge < -0.3 is 15.4 Å². The fraction of sp³-hybridized carbons (Fsp3) is 0.929. The van der Waals surface area contributed by atoms with E-state index in [0.717, 1.165) is 45.4 Å². The van der Waals surface area contributed by atoms with E-state index in [1.54, 1.807) is 0 Å². The first-order valence-corrected chi connectivity index (χ1v) is 7.41. The van der Waals surface area contributed by atoms with Gasteiger partial charge in [-0.25, -0.2) is 0 Å². The van der Waals surface area contributed by atoms with Gasteiger partial charge in [-0.2, -0.15) is 0 Å². The predicted octanol–water partition coefficient (Wildman–Crippen LogP) is 1.53. The molecule has 2 N–H and O–H groups in total. The van der Waals surface area contributed by atoms with Crippen LogP contribution in [0.1, 0.15) is 44.9 Å². The summed E-state index contributed by atoms with van der Waals surface area (Å²) in [4.78, 5) is 14.7. The average molecular weight is 254 g/mol. The number of rotatable bonds is 4. The SMILES string of the molecule is NCCN(C(=O)C1CCOCC1)C1CCCCC1. The second-order valence-electron chi connectivity index (χ2n) is 5.50. The summed E-state index contributed by atoms with van der Waals surface area (Å²) < 4.78 is 5.34. The minimum atomic E-state index is 0.173. The third-order valence-electron chi connectivity index (χ3n) is 4.24. The molecule has 0 spiro atoms. The van der Waals surface area contributed by atoms with Gasteiger partial charge in [0.2, 0.25) is 5.91 Å². The van der Waals surface area contributed by atoms with E-state index < -0.39 is 0 Å². The zero-order valence-corrected chi connectivity index (χ0v) is 11.3. The van der Waals surface area contributed by atoms with Crippen molar-refractivity contribution in [3.63, 3.8) is 0 Å². The van der Waals surface area contributed by atoms with Gasteiger partial charge in [0.25, 0.3) is 0 Å². The molecule has 0 aromatic rings. The lowest BCUT2D eigenvalue weighted by atomic mass is 9.91. The van der Waals surface area contributed by atoms with Gasteiger partial charge in [0.05, 0.1) is 0 Å². The van der Waals surface area contributed by atoms with Gasteiger partial charge in [-0.15, -0.1) is 0 Å². The lowest BCUT2D eigenvalue weighted by molar-refractivity contribution is -0.141. The summed E-state index contributed by atoms with van der Waals surface area (Å²) in [6.45, 7) is 2.77. The number of carbonyl (C=O) groups is 1. The zero-order valence-electron chi connectivity index (χ0n) is 11.3. The Kier molecular flexibility index (Phi) is 5.45. The summed E-state index contributed by atoms with van der Waals surface area (Å²) in [7, 11) is 0. The minimum Gasteiger partial charge on any atom is -0.381 e. The number of carbonyl (C=O) groups excluding carboxylic acids is 1. The summed E-state index contributed by atoms with van der Waals surface area (Å²) in [6.07, 6.45) is 7.92. The number of nitrogens with zero attached hydrogens (tertiary/aromatic N) is 1. The maximum atomic E-state index is 12.6. The molecule has 1 aliphatic carbocycles. The third kappa shape index (κ3) is 3.45. The molecule has 1 heterocycles. The summed E-state index contributed by atoms with van der Waals surface area (Å²) in [5.74, 6) is 0.503. The lowest BCUT2D eigenvalue weighted by Crippen LogP contribution is -2.47. The van der Waals surface area contributed by atoms with Crippen molar-refractivity contribution >= 4 is 5.91 Å². The predicted molar refractivity (Wildman–Crippen MR) is 71.2 cm³/mol. The second-order valence-corrected chi connectivity index (χ2v) is 5.50. The molecular weight excluding hydrogens is 228 g/mol. The maximum Gasteiger partial charge on any atom is 0.226 e. The minimum absolute atomic E-state index is 0.173. The van der Waals surface area contributed by atoms with E-state index in [4.69, 9.17) is 10.5 Å². The van der Waals surface area contributed by atoms with E-state index in [2.05, 4.69) is 4.90 Å². The second kappa shape index (κ2) is 7.10. The molecule has 0 aromatic heterocycles. The van der Waals surface area contributed by atoms with Crippen LogP contribution in [0.4, 0.5) is 0 Å². The zero-order chi connectivity index (χ0) is 12.8. The van der Waals surface area contributed by atoms with Crippen LogP contribution in [0.15, 0.2) is 0 Å². The molecule has 0 bridgehead atoms. The van der Waals surface area contributed by atoms with E-state index in [0.29, 0.717) is 18.5 Å². The van der Waals surface area contributed by atoms with Gasteiger partial charge in [0.1, 0.15) is 0 Å². The Morgan fingerprint density at radius 3 is 2.39 bits per heavy atom. The average Bonchev–Trinajstić information content (AvgIpc) is 2.46. The Hall–Kier alpha value is -0.610. The molecule has 0 radical (unpaired) electrons. The number of nitrogens with two attached hydrogens (primary N) is 1. The highest BCUT2D eigenvalue weighted by molar-refractivity contribution is 5.79. The van der Waals surface area contributed by atoms with Gasteiger partial charge in [-0.05, 0) is 25.7 Å². The van der Waals surface area contributed by atoms with Gasteiger partial charge >= 0.3 is 0 Å². The molecule has 2 aliphatic rings. The fourth-order valence-electron chi connectivity index (χ4n) is 3.18. The summed E-state index contributed by atoms with van der Waals surface area (Å²) >= 11 is 0. The van der Waals surface area contributed by atoms with E-state index in [-0.39, 0.29) is 5.92 Å². The van der Waals surface area contributed by atoms with Crippen LogP contribution in [0, 0.1) is 5.92 Å². The van der Waals surface area contributed by atoms with E-state index in [9.17, 15) is 4.79 Å². The molecule has 1 saturated carbocycles. The van der Waals surface area contributed by atoms with Crippen LogP contribution in [0.5, 0.6) is 0 Å². The molecule has 1 amide bonds. The maximum absolute atomic E-state index is 12.6. The van der Waals surface area contributed by atoms with Crippen LogP contribution >= 0.6 is 0 Å². The van der Waals surface area contributed by atoms with Gasteiger partial charge in [-0.1, -0.05) is 19.3 Å². The molecule has 1 aliphatic heterocycles. The molecule has 0 atom stereocenters. The van der Waals surface area contributed by atoms with E-state index in [1.807, 2.05) is 0 Å². The van der Waals surface area contributed by atoms with Crippen LogP contribution in [-0.2, 0) is 9.53 Å². The van der Waals surface area contributed by atoms with Crippen molar-refractivity contribution in [1.29, 1.82) is 0 Å². The first-order chi connectivity index (χ1) is 8.83. The van der Waals surface area contributed by atoms with Crippen molar-refractivity contribution in [2.45, 2.75) is 51.0 Å². The summed E-state index contributed by atoms with van der Waals surface area (Å²) in [5, 5.41) is 0. The Morgan fingerprint density at radius 1 is 1.11 bits per heavy atom. The van der Waals surface area contributed by atoms with Crippen LogP contribution in [0.2, 0.25) is 0 Å². The van der Waals surface area contributed by atoms with E-state index >= 15 is 0 Å². The molecule has 4 nitrogen and oxygen atoms in total. The quantitative estimate of drug-likeness (QED) is 0.828. The Morgan fingerprint density at radius 2 is 1.78 bits per heavy atom. The molecule has 0 unspecified atom stereocenters. The number of amides is 1. The molecule has 4 heteroatoms. The molecule has 104 valence electrons. The standard InChI is InChI=1S/C14H26N2O2/c15-8-9-16(13-4-2-1-3-5-13)14(17)12-6-10-18-11-7-12/h12-13H,1-11,15H2. The first kappa shape index (κ1) is 13.8. The van der Waals surface area contributed by atoms with Crippen molar-refractivity contribution in [3.05, 3.63) is 0 Å². The number of ether oxygens (including phenoxy) is 1. The number of hydrogen-bond acceptors (Lipinski definition) is 3.